The maximum Gasteiger partial charge on any atom is 0.397 e. The summed E-state index contributed by atoms with van der Waals surface area (Å²) in [4.78, 5) is 25.6. The smallest absolute Gasteiger partial charge is 0.397 e. The third-order valence-electron chi connectivity index (χ3n) is 20.0. The molecule has 4 saturated carbocycles. The number of allylic oxidation sites excluding steroid dienone is 1. The first-order chi connectivity index (χ1) is 32.6. The highest BCUT2D eigenvalue weighted by molar-refractivity contribution is 7.80. The van der Waals surface area contributed by atoms with E-state index < -0.39 is 118 Å². The minimum Gasteiger partial charge on any atom is -0.462 e. The summed E-state index contributed by atoms with van der Waals surface area (Å²) in [6, 6.07) is 0. The molecule has 1 amide bonds. The Balaban J connectivity index is 0.997. The van der Waals surface area contributed by atoms with Crippen molar-refractivity contribution in [2.24, 2.45) is 56.2 Å². The summed E-state index contributed by atoms with van der Waals surface area (Å²) in [5.74, 6) is -0.243. The van der Waals surface area contributed by atoms with Crippen molar-refractivity contribution in [1.82, 2.24) is 5.32 Å². The Morgan fingerprint density at radius 2 is 1.59 bits per heavy atom. The van der Waals surface area contributed by atoms with E-state index in [1.165, 1.54) is 0 Å². The van der Waals surface area contributed by atoms with E-state index in [9.17, 15) is 53.2 Å². The maximum atomic E-state index is 13.3. The molecular formula is C50H81NO18S. The third-order valence-corrected chi connectivity index (χ3v) is 20.4. The van der Waals surface area contributed by atoms with E-state index in [2.05, 4.69) is 70.1 Å². The Hall–Kier alpha value is -1.89. The van der Waals surface area contributed by atoms with Crippen molar-refractivity contribution in [2.45, 2.75) is 206 Å². The molecule has 0 aromatic carbocycles. The number of carbonyl (C=O) groups excluding carboxylic acids is 2. The van der Waals surface area contributed by atoms with Crippen molar-refractivity contribution in [2.75, 3.05) is 26.4 Å². The molecule has 400 valence electrons. The molecule has 19 nitrogen and oxygen atoms in total. The highest BCUT2D eigenvalue weighted by atomic mass is 32.3. The molecule has 2 bridgehead atoms. The normalized spacial score (nSPS) is 48.5. The molecule has 3 heterocycles. The van der Waals surface area contributed by atoms with Crippen molar-refractivity contribution >= 4 is 22.3 Å². The zero-order valence-corrected chi connectivity index (χ0v) is 43.1. The lowest BCUT2D eigenvalue weighted by Crippen LogP contribution is -2.73. The van der Waals surface area contributed by atoms with E-state index in [0.717, 1.165) is 25.7 Å². The van der Waals surface area contributed by atoms with Gasteiger partial charge >= 0.3 is 16.4 Å². The van der Waals surface area contributed by atoms with Gasteiger partial charge in [0.25, 0.3) is 0 Å². The molecule has 3 saturated heterocycles. The molecule has 21 atom stereocenters. The number of esters is 1. The number of carbonyl (C=O) groups is 2. The Morgan fingerprint density at radius 1 is 0.871 bits per heavy atom. The average Bonchev–Trinajstić information content (AvgIpc) is 3.55. The van der Waals surface area contributed by atoms with Crippen LogP contribution in [-0.4, -0.2) is 161 Å². The van der Waals surface area contributed by atoms with E-state index in [1.807, 2.05) is 13.8 Å². The summed E-state index contributed by atoms with van der Waals surface area (Å²) in [5, 5.41) is 68.7. The van der Waals surface area contributed by atoms with Gasteiger partial charge in [-0.25, -0.2) is 4.18 Å². The van der Waals surface area contributed by atoms with Crippen LogP contribution in [0.25, 0.3) is 0 Å². The summed E-state index contributed by atoms with van der Waals surface area (Å²) >= 11 is 0. The molecule has 8 rings (SSSR count). The van der Waals surface area contributed by atoms with E-state index in [1.54, 1.807) is 0 Å². The van der Waals surface area contributed by atoms with Crippen molar-refractivity contribution in [1.29, 1.82) is 0 Å². The molecule has 20 heteroatoms. The van der Waals surface area contributed by atoms with Crippen LogP contribution in [0.5, 0.6) is 0 Å². The Bertz CT molecular complexity index is 2090. The number of aliphatic hydroxyl groups is 6. The van der Waals surface area contributed by atoms with Gasteiger partial charge in [-0.3, -0.25) is 14.1 Å². The van der Waals surface area contributed by atoms with Crippen LogP contribution in [0, 0.1) is 56.2 Å². The molecular weight excluding hydrogens is 935 g/mol. The number of hydrogen-bond donors (Lipinski definition) is 8. The van der Waals surface area contributed by atoms with Gasteiger partial charge in [-0.1, -0.05) is 74.5 Å². The summed E-state index contributed by atoms with van der Waals surface area (Å²) in [6.45, 7) is 19.2. The first kappa shape index (κ1) is 54.4. The van der Waals surface area contributed by atoms with Crippen molar-refractivity contribution in [3.05, 3.63) is 12.2 Å². The minimum absolute atomic E-state index is 0.0196. The second-order valence-electron chi connectivity index (χ2n) is 24.4. The lowest BCUT2D eigenvalue weighted by molar-refractivity contribution is -0.365. The molecule has 8 N–H and O–H groups in total. The SMILES string of the molecule is CCC(C)C(=O)NCCCC(=O)OC1CC23COC4(C=CC5C6(C)CCC(OC7OCC(O)C(O)C7OC7OC(CO)C(O)C(O)C7OS(=O)(=O)O)C(C)(C)C6CCC5(C)C4(C)CC2O)C3CC1(C)C. The summed E-state index contributed by atoms with van der Waals surface area (Å²) in [6.07, 6.45) is -6.08. The predicted octanol–water partition coefficient (Wildman–Crippen LogP) is 2.71. The van der Waals surface area contributed by atoms with Crippen LogP contribution >= 0.6 is 0 Å². The highest BCUT2D eigenvalue weighted by Crippen LogP contribution is 2.79. The number of ether oxygens (including phenoxy) is 6. The fraction of sp³-hybridized carbons (Fsp3) is 0.920. The first-order valence-electron chi connectivity index (χ1n) is 25.6. The summed E-state index contributed by atoms with van der Waals surface area (Å²) in [5.41, 5.74) is -3.20. The topological polar surface area (TPSA) is 287 Å². The van der Waals surface area contributed by atoms with Gasteiger partial charge in [-0.05, 0) is 85.9 Å². The van der Waals surface area contributed by atoms with Crippen molar-refractivity contribution in [3.63, 3.8) is 0 Å². The standard InChI is InChI=1S/C50H81NO18S/c1-10-26(2)41(59)51-19-11-12-35(55)66-34-22-49-25-64-50(31(49)20-44(34,3)4)18-14-30-46(7)16-15-33(45(5,6)29(46)13-17-47(30,8)48(50,9)21-32(49)54)67-42-39(36(56)27(53)24-63-42)68-43-40(69-70(60,61)62)38(58)37(57)28(23-52)65-43/h14,18,26-34,36-40,42-43,52-54,56-58H,10-13,15-17,19-25H2,1-9H3,(H,51,59)(H,60,61,62). The molecule has 0 aromatic rings. The van der Waals surface area contributed by atoms with Gasteiger partial charge < -0.3 is 64.4 Å². The van der Waals surface area contributed by atoms with Crippen LogP contribution in [0.3, 0.4) is 0 Å². The number of aliphatic hydroxyl groups excluding tert-OH is 6. The van der Waals surface area contributed by atoms with Gasteiger partial charge in [-0.15, -0.1) is 0 Å². The van der Waals surface area contributed by atoms with Crippen LogP contribution < -0.4 is 5.32 Å². The average molecular weight is 1020 g/mol. The largest absolute Gasteiger partial charge is 0.462 e. The number of amides is 1. The van der Waals surface area contributed by atoms with Crippen LogP contribution in [0.1, 0.15) is 127 Å². The van der Waals surface area contributed by atoms with Crippen LogP contribution in [0.15, 0.2) is 12.2 Å². The van der Waals surface area contributed by atoms with E-state index >= 15 is 0 Å². The minimum atomic E-state index is -5.24. The lowest BCUT2D eigenvalue weighted by atomic mass is 9.32. The number of nitrogens with one attached hydrogen (secondary N) is 1. The fourth-order valence-corrected chi connectivity index (χ4v) is 16.0. The molecule has 0 radical (unpaired) electrons. The van der Waals surface area contributed by atoms with E-state index in [4.69, 9.17) is 28.4 Å². The number of hydrogen-bond acceptors (Lipinski definition) is 17. The lowest BCUT2D eigenvalue weighted by Gasteiger charge is -2.73. The molecule has 1 spiro atoms. The second-order valence-corrected chi connectivity index (χ2v) is 25.4. The van der Waals surface area contributed by atoms with Gasteiger partial charge in [-0.2, -0.15) is 8.42 Å². The highest BCUT2D eigenvalue weighted by Gasteiger charge is 2.80. The molecule has 3 aliphatic heterocycles. The molecule has 7 fully saturated rings. The number of rotatable bonds is 14. The van der Waals surface area contributed by atoms with E-state index in [0.29, 0.717) is 45.3 Å². The monoisotopic (exact) mass is 1020 g/mol. The third kappa shape index (κ3) is 8.74. The number of fused-ring (bicyclic) bond motifs is 4. The quantitative estimate of drug-likeness (QED) is 0.0408. The van der Waals surface area contributed by atoms with Gasteiger partial charge in [0.05, 0.1) is 37.6 Å². The van der Waals surface area contributed by atoms with Gasteiger partial charge in [0, 0.05) is 41.0 Å². The zero-order valence-electron chi connectivity index (χ0n) is 42.3. The molecule has 5 aliphatic carbocycles. The van der Waals surface area contributed by atoms with E-state index in [-0.39, 0.29) is 59.4 Å². The van der Waals surface area contributed by atoms with Crippen LogP contribution in [-0.2, 0) is 52.6 Å². The van der Waals surface area contributed by atoms with Crippen molar-refractivity contribution in [3.8, 4) is 0 Å². The zero-order chi connectivity index (χ0) is 51.4. The van der Waals surface area contributed by atoms with Gasteiger partial charge in [0.2, 0.25) is 5.91 Å². The van der Waals surface area contributed by atoms with Crippen LogP contribution in [0.2, 0.25) is 0 Å². The van der Waals surface area contributed by atoms with Crippen LogP contribution in [0.4, 0.5) is 0 Å². The molecule has 21 unspecified atom stereocenters. The summed E-state index contributed by atoms with van der Waals surface area (Å²) in [7, 11) is -5.24. The Morgan fingerprint density at radius 3 is 2.26 bits per heavy atom. The summed E-state index contributed by atoms with van der Waals surface area (Å²) < 4.78 is 75.6. The first-order valence-corrected chi connectivity index (χ1v) is 27.0. The van der Waals surface area contributed by atoms with Gasteiger partial charge in [0.15, 0.2) is 18.7 Å². The Kier molecular flexibility index (Phi) is 14.8. The predicted molar refractivity (Wildman–Crippen MR) is 248 cm³/mol. The molecule has 70 heavy (non-hydrogen) atoms. The Labute approximate surface area is 412 Å². The second kappa shape index (κ2) is 19.0. The van der Waals surface area contributed by atoms with Gasteiger partial charge in [0.1, 0.15) is 42.7 Å². The fourth-order valence-electron chi connectivity index (χ4n) is 15.5. The van der Waals surface area contributed by atoms with Crippen molar-refractivity contribution < 1.29 is 85.8 Å². The maximum absolute atomic E-state index is 13.3. The molecule has 8 aliphatic rings. The molecule has 0 aromatic heterocycles.